The molecule has 3 aliphatic heterocycles. The molecule has 8 heteroatoms. The molecule has 3 saturated heterocycles. The molecule has 1 aromatic carbocycles. The fourth-order valence-corrected chi connectivity index (χ4v) is 5.55. The number of carbonyl (C=O) groups excluding carboxylic acids is 3. The van der Waals surface area contributed by atoms with E-state index in [-0.39, 0.29) is 30.4 Å². The number of rotatable bonds is 7. The molecule has 3 heterocycles. The summed E-state index contributed by atoms with van der Waals surface area (Å²) in [6.45, 7) is 8.13. The summed E-state index contributed by atoms with van der Waals surface area (Å²) in [5.41, 5.74) is 0.615. The zero-order valence-corrected chi connectivity index (χ0v) is 20.4. The maximum Gasteiger partial charge on any atom is 0.409 e. The first-order valence-electron chi connectivity index (χ1n) is 12.8. The molecule has 0 aliphatic carbocycles. The van der Waals surface area contributed by atoms with Crippen molar-refractivity contribution in [2.24, 2.45) is 11.8 Å². The first kappa shape index (κ1) is 24.5. The Bertz CT molecular complexity index is 858. The number of likely N-dealkylation sites (tertiary alicyclic amines) is 2. The van der Waals surface area contributed by atoms with E-state index < -0.39 is 0 Å². The van der Waals surface area contributed by atoms with Crippen molar-refractivity contribution in [1.29, 1.82) is 0 Å². The summed E-state index contributed by atoms with van der Waals surface area (Å²) in [7, 11) is 0. The number of ether oxygens (including phenoxy) is 2. The van der Waals surface area contributed by atoms with E-state index in [9.17, 15) is 14.4 Å². The van der Waals surface area contributed by atoms with Gasteiger partial charge in [0.15, 0.2) is 0 Å². The van der Waals surface area contributed by atoms with Gasteiger partial charge >= 0.3 is 6.09 Å². The van der Waals surface area contributed by atoms with Crippen LogP contribution in [0.25, 0.3) is 0 Å². The van der Waals surface area contributed by atoms with Crippen LogP contribution in [0.3, 0.4) is 0 Å². The molecular formula is C26H37N3O5. The van der Waals surface area contributed by atoms with Crippen LogP contribution in [0, 0.1) is 11.8 Å². The topological polar surface area (TPSA) is 79.4 Å². The van der Waals surface area contributed by atoms with Crippen molar-refractivity contribution in [2.45, 2.75) is 58.4 Å². The third-order valence-electron chi connectivity index (χ3n) is 7.44. The van der Waals surface area contributed by atoms with Gasteiger partial charge in [0.05, 0.1) is 31.4 Å². The summed E-state index contributed by atoms with van der Waals surface area (Å²) in [5.74, 6) is 1.72. The van der Waals surface area contributed by atoms with E-state index in [0.29, 0.717) is 30.7 Å². The molecule has 0 spiro atoms. The summed E-state index contributed by atoms with van der Waals surface area (Å²) in [6, 6.07) is 6.85. The second kappa shape index (κ2) is 11.2. The molecule has 0 aromatic heterocycles. The summed E-state index contributed by atoms with van der Waals surface area (Å²) in [4.78, 5) is 43.2. The fourth-order valence-electron chi connectivity index (χ4n) is 5.55. The highest BCUT2D eigenvalue weighted by molar-refractivity contribution is 6.22. The van der Waals surface area contributed by atoms with E-state index in [4.69, 9.17) is 9.47 Å². The highest BCUT2D eigenvalue weighted by Crippen LogP contribution is 2.35. The number of imide groups is 1. The predicted octanol–water partition coefficient (Wildman–Crippen LogP) is 3.69. The van der Waals surface area contributed by atoms with Crippen LogP contribution in [0.1, 0.15) is 52.4 Å². The van der Waals surface area contributed by atoms with Gasteiger partial charge < -0.3 is 14.4 Å². The third-order valence-corrected chi connectivity index (χ3v) is 7.44. The largest absolute Gasteiger partial charge is 0.494 e. The first-order chi connectivity index (χ1) is 16.5. The minimum absolute atomic E-state index is 0.117. The molecule has 4 rings (SSSR count). The van der Waals surface area contributed by atoms with Gasteiger partial charge in [-0.1, -0.05) is 6.92 Å². The van der Waals surface area contributed by atoms with Crippen molar-refractivity contribution in [3.05, 3.63) is 24.3 Å². The Labute approximate surface area is 202 Å². The van der Waals surface area contributed by atoms with E-state index in [0.717, 1.165) is 64.0 Å². The van der Waals surface area contributed by atoms with Crippen LogP contribution >= 0.6 is 0 Å². The molecule has 0 N–H and O–H groups in total. The van der Waals surface area contributed by atoms with E-state index in [2.05, 4.69) is 4.90 Å². The van der Waals surface area contributed by atoms with Gasteiger partial charge in [-0.25, -0.2) is 9.69 Å². The third kappa shape index (κ3) is 5.37. The zero-order valence-electron chi connectivity index (χ0n) is 20.4. The van der Waals surface area contributed by atoms with Gasteiger partial charge in [-0.05, 0) is 88.2 Å². The number of hydrogen-bond donors (Lipinski definition) is 0. The van der Waals surface area contributed by atoms with Crippen LogP contribution in [0.4, 0.5) is 10.5 Å². The predicted molar refractivity (Wildman–Crippen MR) is 129 cm³/mol. The van der Waals surface area contributed by atoms with Crippen molar-refractivity contribution in [1.82, 2.24) is 9.80 Å². The average Bonchev–Trinajstić information content (AvgIpc) is 3.17. The molecule has 3 amide bonds. The molecule has 0 saturated carbocycles. The van der Waals surface area contributed by atoms with Gasteiger partial charge in [0.2, 0.25) is 5.91 Å². The van der Waals surface area contributed by atoms with Crippen LogP contribution in [-0.4, -0.2) is 73.1 Å². The summed E-state index contributed by atoms with van der Waals surface area (Å²) >= 11 is 0. The molecule has 8 nitrogen and oxygen atoms in total. The highest BCUT2D eigenvalue weighted by Gasteiger charge is 2.44. The molecule has 1 atom stereocenters. The van der Waals surface area contributed by atoms with Gasteiger partial charge in [0.1, 0.15) is 5.75 Å². The minimum atomic E-state index is -0.366. The molecule has 0 radical (unpaired) electrons. The molecule has 0 bridgehead atoms. The van der Waals surface area contributed by atoms with Gasteiger partial charge in [-0.15, -0.1) is 0 Å². The number of carbonyl (C=O) groups is 3. The number of anilines is 1. The first-order valence-corrected chi connectivity index (χ1v) is 12.8. The Balaban J connectivity index is 1.28. The maximum absolute atomic E-state index is 13.2. The minimum Gasteiger partial charge on any atom is -0.494 e. The summed E-state index contributed by atoms with van der Waals surface area (Å²) in [5, 5.41) is 0. The van der Waals surface area contributed by atoms with Crippen LogP contribution < -0.4 is 9.64 Å². The molecule has 1 aromatic rings. The van der Waals surface area contributed by atoms with E-state index in [1.54, 1.807) is 12.1 Å². The standard InChI is InChI=1S/C26H37N3O5/c1-3-17-34-22-7-5-21(6-8-22)29-24(30)18-23(25(29)31)27-13-9-19(10-14-27)20-11-15-28(16-12-20)26(32)33-4-2/h5-8,19-20,23H,3-4,9-18H2,1-2H3/t23-/m1/s1. The van der Waals surface area contributed by atoms with Crippen LogP contribution in [0.5, 0.6) is 5.75 Å². The molecule has 3 aliphatic rings. The van der Waals surface area contributed by atoms with Crippen LogP contribution in [-0.2, 0) is 14.3 Å². The van der Waals surface area contributed by atoms with Crippen LogP contribution in [0.15, 0.2) is 24.3 Å². The Hall–Kier alpha value is -2.61. The molecule has 0 unspecified atom stereocenters. The lowest BCUT2D eigenvalue weighted by atomic mass is 9.78. The zero-order chi connectivity index (χ0) is 24.1. The number of piperidine rings is 2. The number of nitrogens with zero attached hydrogens (tertiary/aromatic N) is 3. The number of hydrogen-bond acceptors (Lipinski definition) is 6. The lowest BCUT2D eigenvalue weighted by Crippen LogP contribution is -2.48. The van der Waals surface area contributed by atoms with Crippen molar-refractivity contribution >= 4 is 23.6 Å². The molecule has 186 valence electrons. The Kier molecular flexibility index (Phi) is 8.08. The highest BCUT2D eigenvalue weighted by atomic mass is 16.6. The number of benzene rings is 1. The second-order valence-corrected chi connectivity index (χ2v) is 9.53. The van der Waals surface area contributed by atoms with Crippen molar-refractivity contribution < 1.29 is 23.9 Å². The SMILES string of the molecule is CCCOc1ccc(N2C(=O)C[C@@H](N3CCC(C4CCN(C(=O)OCC)CC4)CC3)C2=O)cc1. The van der Waals surface area contributed by atoms with Crippen molar-refractivity contribution in [3.8, 4) is 5.75 Å². The Morgan fingerprint density at radius 3 is 2.15 bits per heavy atom. The second-order valence-electron chi connectivity index (χ2n) is 9.53. The quantitative estimate of drug-likeness (QED) is 0.565. The normalized spacial score (nSPS) is 22.9. The molecular weight excluding hydrogens is 434 g/mol. The van der Waals surface area contributed by atoms with E-state index in [1.807, 2.05) is 30.9 Å². The van der Waals surface area contributed by atoms with Gasteiger partial charge in [0, 0.05) is 13.1 Å². The van der Waals surface area contributed by atoms with Gasteiger partial charge in [-0.2, -0.15) is 0 Å². The summed E-state index contributed by atoms with van der Waals surface area (Å²) in [6.07, 6.45) is 5.06. The van der Waals surface area contributed by atoms with Crippen molar-refractivity contribution in [3.63, 3.8) is 0 Å². The van der Waals surface area contributed by atoms with E-state index >= 15 is 0 Å². The fraction of sp³-hybridized carbons (Fsp3) is 0.654. The van der Waals surface area contributed by atoms with E-state index in [1.165, 1.54) is 4.90 Å². The maximum atomic E-state index is 13.2. The van der Waals surface area contributed by atoms with Gasteiger partial charge in [0.25, 0.3) is 5.91 Å². The Morgan fingerprint density at radius 2 is 1.56 bits per heavy atom. The molecule has 34 heavy (non-hydrogen) atoms. The van der Waals surface area contributed by atoms with Gasteiger partial charge in [-0.3, -0.25) is 14.5 Å². The van der Waals surface area contributed by atoms with Crippen molar-refractivity contribution in [2.75, 3.05) is 44.3 Å². The lowest BCUT2D eigenvalue weighted by Gasteiger charge is -2.41. The lowest BCUT2D eigenvalue weighted by molar-refractivity contribution is -0.123. The van der Waals surface area contributed by atoms with Crippen LogP contribution in [0.2, 0.25) is 0 Å². The summed E-state index contributed by atoms with van der Waals surface area (Å²) < 4.78 is 10.7. The molecule has 3 fully saturated rings. The average molecular weight is 472 g/mol. The monoisotopic (exact) mass is 471 g/mol. The Morgan fingerprint density at radius 1 is 0.941 bits per heavy atom. The smallest absolute Gasteiger partial charge is 0.409 e. The number of amides is 3.